The number of ether oxygens (including phenoxy) is 2. The Morgan fingerprint density at radius 3 is 2.28 bits per heavy atom. The molecule has 0 aromatic heterocycles. The van der Waals surface area contributed by atoms with Crippen LogP contribution in [0.2, 0.25) is 0 Å². The van der Waals surface area contributed by atoms with Crippen molar-refractivity contribution in [3.8, 4) is 11.5 Å². The van der Waals surface area contributed by atoms with Gasteiger partial charge in [-0.1, -0.05) is 25.6 Å². The van der Waals surface area contributed by atoms with E-state index in [1.807, 2.05) is 6.92 Å². The molecule has 25 heavy (non-hydrogen) atoms. The van der Waals surface area contributed by atoms with Gasteiger partial charge in [-0.15, -0.1) is 0 Å². The zero-order chi connectivity index (χ0) is 18.1. The molecule has 130 valence electrons. The topological polar surface area (TPSA) is 64.6 Å². The normalized spacial score (nSPS) is 9.96. The molecule has 0 saturated heterocycles. The third-order valence-electron chi connectivity index (χ3n) is 3.35. The van der Waals surface area contributed by atoms with E-state index in [0.29, 0.717) is 24.5 Å². The number of hydrogen-bond donors (Lipinski definition) is 1. The number of nitrogens with one attached hydrogen (secondary N) is 1. The molecule has 0 heterocycles. The van der Waals surface area contributed by atoms with Crippen molar-refractivity contribution in [2.75, 3.05) is 6.61 Å². The summed E-state index contributed by atoms with van der Waals surface area (Å²) in [6.45, 7) is 6.45. The van der Waals surface area contributed by atoms with Crippen LogP contribution >= 0.6 is 0 Å². The third kappa shape index (κ3) is 5.80. The highest BCUT2D eigenvalue weighted by Crippen LogP contribution is 2.19. The van der Waals surface area contributed by atoms with E-state index in [1.165, 1.54) is 6.08 Å². The van der Waals surface area contributed by atoms with Gasteiger partial charge in [-0.2, -0.15) is 0 Å². The smallest absolute Gasteiger partial charge is 0.343 e. The summed E-state index contributed by atoms with van der Waals surface area (Å²) in [5, 5.41) is 2.67. The zero-order valence-electron chi connectivity index (χ0n) is 14.2. The molecule has 5 heteroatoms. The monoisotopic (exact) mass is 339 g/mol. The fourth-order valence-electron chi connectivity index (χ4n) is 2.01. The second kappa shape index (κ2) is 9.27. The van der Waals surface area contributed by atoms with Crippen molar-refractivity contribution < 1.29 is 19.1 Å². The Balaban J connectivity index is 1.91. The van der Waals surface area contributed by atoms with E-state index >= 15 is 0 Å². The summed E-state index contributed by atoms with van der Waals surface area (Å²) in [4.78, 5) is 23.3. The molecule has 0 aliphatic heterocycles. The van der Waals surface area contributed by atoms with Crippen LogP contribution in [0.4, 0.5) is 0 Å². The van der Waals surface area contributed by atoms with Crippen molar-refractivity contribution in [2.45, 2.75) is 19.9 Å². The van der Waals surface area contributed by atoms with E-state index in [0.717, 1.165) is 17.7 Å². The fourth-order valence-corrected chi connectivity index (χ4v) is 2.01. The predicted octanol–water partition coefficient (Wildman–Crippen LogP) is 3.50. The SMILES string of the molecule is C=CC(=O)NCc1ccc(C(=O)Oc2ccc(OCCC)cc2)cc1. The standard InChI is InChI=1S/C20H21NO4/c1-3-13-24-17-9-11-18(12-10-17)25-20(23)16-7-5-15(6-8-16)14-21-19(22)4-2/h4-12H,2-3,13-14H2,1H3,(H,21,22). The first-order valence-electron chi connectivity index (χ1n) is 8.06. The molecule has 1 amide bonds. The average molecular weight is 339 g/mol. The number of benzene rings is 2. The molecule has 0 radical (unpaired) electrons. The highest BCUT2D eigenvalue weighted by Gasteiger charge is 2.09. The minimum atomic E-state index is -0.441. The van der Waals surface area contributed by atoms with Gasteiger partial charge < -0.3 is 14.8 Å². The zero-order valence-corrected chi connectivity index (χ0v) is 14.2. The van der Waals surface area contributed by atoms with Crippen LogP contribution in [0.15, 0.2) is 61.2 Å². The molecule has 5 nitrogen and oxygen atoms in total. The number of rotatable bonds is 8. The van der Waals surface area contributed by atoms with Crippen molar-refractivity contribution in [2.24, 2.45) is 0 Å². The lowest BCUT2D eigenvalue weighted by atomic mass is 10.1. The van der Waals surface area contributed by atoms with Gasteiger partial charge in [0.05, 0.1) is 12.2 Å². The highest BCUT2D eigenvalue weighted by atomic mass is 16.5. The summed E-state index contributed by atoms with van der Waals surface area (Å²) < 4.78 is 10.8. The Morgan fingerprint density at radius 2 is 1.68 bits per heavy atom. The van der Waals surface area contributed by atoms with Crippen LogP contribution in [0, 0.1) is 0 Å². The maximum Gasteiger partial charge on any atom is 0.343 e. The summed E-state index contributed by atoms with van der Waals surface area (Å²) in [5.74, 6) is 0.516. The minimum Gasteiger partial charge on any atom is -0.494 e. The van der Waals surface area contributed by atoms with Crippen molar-refractivity contribution in [1.29, 1.82) is 0 Å². The highest BCUT2D eigenvalue weighted by molar-refractivity contribution is 5.91. The second-order valence-corrected chi connectivity index (χ2v) is 5.33. The Kier molecular flexibility index (Phi) is 6.77. The molecule has 0 spiro atoms. The number of carbonyl (C=O) groups excluding carboxylic acids is 2. The van der Waals surface area contributed by atoms with Crippen LogP contribution in [-0.2, 0) is 11.3 Å². The van der Waals surface area contributed by atoms with Crippen LogP contribution in [0.1, 0.15) is 29.3 Å². The van der Waals surface area contributed by atoms with E-state index in [1.54, 1.807) is 48.5 Å². The number of amides is 1. The largest absolute Gasteiger partial charge is 0.494 e. The fraction of sp³-hybridized carbons (Fsp3) is 0.200. The van der Waals surface area contributed by atoms with E-state index < -0.39 is 5.97 Å². The Labute approximate surface area is 147 Å². The van der Waals surface area contributed by atoms with Gasteiger partial charge in [-0.3, -0.25) is 4.79 Å². The summed E-state index contributed by atoms with van der Waals surface area (Å²) in [5.41, 5.74) is 1.31. The number of carbonyl (C=O) groups is 2. The van der Waals surface area contributed by atoms with Gasteiger partial charge in [-0.25, -0.2) is 4.79 Å². The maximum absolute atomic E-state index is 12.2. The molecule has 2 rings (SSSR count). The molecule has 0 fully saturated rings. The molecule has 0 aliphatic carbocycles. The summed E-state index contributed by atoms with van der Waals surface area (Å²) in [6, 6.07) is 13.8. The van der Waals surface area contributed by atoms with Gasteiger partial charge in [0.15, 0.2) is 0 Å². The molecule has 0 atom stereocenters. The van der Waals surface area contributed by atoms with Gasteiger partial charge in [0.2, 0.25) is 5.91 Å². The predicted molar refractivity (Wildman–Crippen MR) is 95.7 cm³/mol. The molecular weight excluding hydrogens is 318 g/mol. The average Bonchev–Trinajstić information content (AvgIpc) is 2.65. The third-order valence-corrected chi connectivity index (χ3v) is 3.35. The van der Waals surface area contributed by atoms with Gasteiger partial charge in [0.25, 0.3) is 0 Å². The van der Waals surface area contributed by atoms with Crippen LogP contribution in [0.25, 0.3) is 0 Å². The second-order valence-electron chi connectivity index (χ2n) is 5.33. The molecule has 0 saturated carbocycles. The molecule has 0 bridgehead atoms. The molecule has 2 aromatic carbocycles. The van der Waals surface area contributed by atoms with Gasteiger partial charge >= 0.3 is 5.97 Å². The first-order valence-corrected chi connectivity index (χ1v) is 8.06. The van der Waals surface area contributed by atoms with E-state index in [9.17, 15) is 9.59 Å². The van der Waals surface area contributed by atoms with Crippen molar-refractivity contribution in [3.63, 3.8) is 0 Å². The van der Waals surface area contributed by atoms with E-state index in [2.05, 4.69) is 11.9 Å². The summed E-state index contributed by atoms with van der Waals surface area (Å²) in [6.07, 6.45) is 2.15. The van der Waals surface area contributed by atoms with E-state index in [-0.39, 0.29) is 5.91 Å². The van der Waals surface area contributed by atoms with Gasteiger partial charge in [0, 0.05) is 6.54 Å². The molecule has 1 N–H and O–H groups in total. The van der Waals surface area contributed by atoms with E-state index in [4.69, 9.17) is 9.47 Å². The lowest BCUT2D eigenvalue weighted by molar-refractivity contribution is -0.116. The number of esters is 1. The Bertz CT molecular complexity index is 720. The lowest BCUT2D eigenvalue weighted by Crippen LogP contribution is -2.20. The van der Waals surface area contributed by atoms with Gasteiger partial charge in [0.1, 0.15) is 11.5 Å². The van der Waals surface area contributed by atoms with Crippen molar-refractivity contribution in [3.05, 3.63) is 72.3 Å². The van der Waals surface area contributed by atoms with Crippen LogP contribution in [0.3, 0.4) is 0 Å². The van der Waals surface area contributed by atoms with Crippen LogP contribution in [-0.4, -0.2) is 18.5 Å². The van der Waals surface area contributed by atoms with Crippen LogP contribution < -0.4 is 14.8 Å². The Hall–Kier alpha value is -3.08. The van der Waals surface area contributed by atoms with Crippen molar-refractivity contribution >= 4 is 11.9 Å². The molecule has 0 aliphatic rings. The molecular formula is C20H21NO4. The first-order chi connectivity index (χ1) is 12.1. The Morgan fingerprint density at radius 1 is 1.04 bits per heavy atom. The number of hydrogen-bond acceptors (Lipinski definition) is 4. The maximum atomic E-state index is 12.2. The lowest BCUT2D eigenvalue weighted by Gasteiger charge is -2.08. The minimum absolute atomic E-state index is 0.241. The van der Waals surface area contributed by atoms with Crippen molar-refractivity contribution in [1.82, 2.24) is 5.32 Å². The first kappa shape index (κ1) is 18.3. The quantitative estimate of drug-likeness (QED) is 0.454. The molecule has 2 aromatic rings. The summed E-state index contributed by atoms with van der Waals surface area (Å²) in [7, 11) is 0. The van der Waals surface area contributed by atoms with Gasteiger partial charge in [-0.05, 0) is 54.5 Å². The summed E-state index contributed by atoms with van der Waals surface area (Å²) >= 11 is 0. The molecule has 0 unspecified atom stereocenters. The van der Waals surface area contributed by atoms with Crippen LogP contribution in [0.5, 0.6) is 11.5 Å².